The number of nitrogens with zero attached hydrogens (tertiary/aromatic N) is 2. The van der Waals surface area contributed by atoms with Crippen LogP contribution < -0.4 is 5.32 Å². The Hall–Kier alpha value is -1.07. The lowest BCUT2D eigenvalue weighted by Gasteiger charge is -2.10. The van der Waals surface area contributed by atoms with Gasteiger partial charge in [0, 0.05) is 27.1 Å². The summed E-state index contributed by atoms with van der Waals surface area (Å²) in [4.78, 5) is 20.4. The molecule has 0 unspecified atom stereocenters. The highest BCUT2D eigenvalue weighted by atomic mass is 35.5. The number of amides is 1. The molecule has 2 N–H and O–H groups in total. The first-order valence-corrected chi connectivity index (χ1v) is 6.56. The Labute approximate surface area is 113 Å². The molecule has 0 saturated heterocycles. The summed E-state index contributed by atoms with van der Waals surface area (Å²) in [6.07, 6.45) is 3.13. The van der Waals surface area contributed by atoms with Gasteiger partial charge in [-0.3, -0.25) is 4.79 Å². The van der Waals surface area contributed by atoms with E-state index in [1.54, 1.807) is 19.0 Å². The molecule has 0 bridgehead atoms. The zero-order valence-corrected chi connectivity index (χ0v) is 12.0. The van der Waals surface area contributed by atoms with Gasteiger partial charge in [0.25, 0.3) is 0 Å². The Balaban J connectivity index is 2.42. The second-order valence-electron chi connectivity index (χ2n) is 4.45. The largest absolute Gasteiger partial charge is 0.348 e. The van der Waals surface area contributed by atoms with Gasteiger partial charge in [0.1, 0.15) is 5.82 Å². The quantitative estimate of drug-likeness (QED) is 0.792. The average molecular weight is 273 g/mol. The predicted octanol–water partition coefficient (Wildman–Crippen LogP) is 1.58. The van der Waals surface area contributed by atoms with Gasteiger partial charge >= 0.3 is 0 Å². The van der Waals surface area contributed by atoms with Crippen LogP contribution in [-0.2, 0) is 17.8 Å². The molecule has 0 aliphatic heterocycles. The third-order valence-electron chi connectivity index (χ3n) is 2.62. The van der Waals surface area contributed by atoms with Crippen LogP contribution in [0.3, 0.4) is 0 Å². The fraction of sp³-hybridized carbons (Fsp3) is 0.667. The summed E-state index contributed by atoms with van der Waals surface area (Å²) in [6, 6.07) is 0. The van der Waals surface area contributed by atoms with E-state index in [0.717, 1.165) is 30.8 Å². The van der Waals surface area contributed by atoms with Crippen LogP contribution in [-0.4, -0.2) is 41.4 Å². The van der Waals surface area contributed by atoms with Gasteiger partial charge in [0.15, 0.2) is 5.15 Å². The van der Waals surface area contributed by atoms with Crippen LogP contribution in [0.4, 0.5) is 0 Å². The number of imidazole rings is 1. The molecule has 18 heavy (non-hydrogen) atoms. The third-order valence-corrected chi connectivity index (χ3v) is 2.93. The Morgan fingerprint density at radius 3 is 2.83 bits per heavy atom. The van der Waals surface area contributed by atoms with Crippen molar-refractivity contribution in [3.05, 3.63) is 16.7 Å². The fourth-order valence-electron chi connectivity index (χ4n) is 1.47. The van der Waals surface area contributed by atoms with E-state index in [-0.39, 0.29) is 5.91 Å². The van der Waals surface area contributed by atoms with Crippen LogP contribution in [0.25, 0.3) is 0 Å². The highest BCUT2D eigenvalue weighted by molar-refractivity contribution is 6.30. The molecule has 0 atom stereocenters. The summed E-state index contributed by atoms with van der Waals surface area (Å²) in [5.74, 6) is 0.953. The highest BCUT2D eigenvalue weighted by Gasteiger charge is 2.09. The summed E-state index contributed by atoms with van der Waals surface area (Å²) in [5, 5.41) is 3.54. The zero-order valence-electron chi connectivity index (χ0n) is 11.2. The Morgan fingerprint density at radius 2 is 2.22 bits per heavy atom. The summed E-state index contributed by atoms with van der Waals surface area (Å²) < 4.78 is 0. The first-order valence-electron chi connectivity index (χ1n) is 6.18. The van der Waals surface area contributed by atoms with Gasteiger partial charge in [-0.15, -0.1) is 0 Å². The average Bonchev–Trinajstić information content (AvgIpc) is 2.67. The Kier molecular flexibility index (Phi) is 6.15. The minimum atomic E-state index is 0.0387. The second-order valence-corrected chi connectivity index (χ2v) is 4.81. The Bertz CT molecular complexity index is 389. The van der Waals surface area contributed by atoms with Crippen molar-refractivity contribution < 1.29 is 4.79 Å². The van der Waals surface area contributed by atoms with Gasteiger partial charge in [0.05, 0.1) is 12.2 Å². The first-order chi connectivity index (χ1) is 8.54. The molecule has 0 spiro atoms. The SMILES string of the molecule is CCCCc1nc(Cl)c(CNCC(=O)N(C)C)[nH]1. The van der Waals surface area contributed by atoms with Crippen molar-refractivity contribution in [2.24, 2.45) is 0 Å². The molecular formula is C12H21ClN4O. The minimum Gasteiger partial charge on any atom is -0.348 e. The Morgan fingerprint density at radius 1 is 1.50 bits per heavy atom. The molecule has 0 aliphatic rings. The summed E-state index contributed by atoms with van der Waals surface area (Å²) in [5.41, 5.74) is 0.842. The van der Waals surface area contributed by atoms with E-state index in [0.29, 0.717) is 18.2 Å². The third kappa shape index (κ3) is 4.66. The van der Waals surface area contributed by atoms with Crippen molar-refractivity contribution in [3.63, 3.8) is 0 Å². The van der Waals surface area contributed by atoms with Gasteiger partial charge in [-0.1, -0.05) is 24.9 Å². The van der Waals surface area contributed by atoms with E-state index < -0.39 is 0 Å². The van der Waals surface area contributed by atoms with E-state index in [2.05, 4.69) is 22.2 Å². The maximum Gasteiger partial charge on any atom is 0.236 e. The van der Waals surface area contributed by atoms with Crippen LogP contribution in [0.15, 0.2) is 0 Å². The topological polar surface area (TPSA) is 61.0 Å². The van der Waals surface area contributed by atoms with Crippen LogP contribution >= 0.6 is 11.6 Å². The summed E-state index contributed by atoms with van der Waals surface area (Å²) >= 11 is 6.02. The number of rotatable bonds is 7. The van der Waals surface area contributed by atoms with Crippen molar-refractivity contribution in [3.8, 4) is 0 Å². The number of hydrogen-bond acceptors (Lipinski definition) is 3. The van der Waals surface area contributed by atoms with E-state index in [1.807, 2.05) is 0 Å². The smallest absolute Gasteiger partial charge is 0.236 e. The standard InChI is InChI=1S/C12H21ClN4O/c1-4-5-6-10-15-9(12(13)16-10)7-14-8-11(18)17(2)3/h14H,4-8H2,1-3H3,(H,15,16). The molecule has 1 aromatic rings. The number of likely N-dealkylation sites (N-methyl/N-ethyl adjacent to an activating group) is 1. The number of H-pyrrole nitrogens is 1. The van der Waals surface area contributed by atoms with Gasteiger partial charge in [0.2, 0.25) is 5.91 Å². The van der Waals surface area contributed by atoms with Crippen molar-refractivity contribution >= 4 is 17.5 Å². The summed E-state index contributed by atoms with van der Waals surface area (Å²) in [7, 11) is 3.46. The maximum absolute atomic E-state index is 11.4. The molecule has 0 saturated carbocycles. The molecule has 1 rings (SSSR count). The molecule has 0 fully saturated rings. The molecule has 0 aliphatic carbocycles. The number of halogens is 1. The van der Waals surface area contributed by atoms with Gasteiger partial charge < -0.3 is 15.2 Å². The van der Waals surface area contributed by atoms with Crippen molar-refractivity contribution in [1.29, 1.82) is 0 Å². The van der Waals surface area contributed by atoms with Crippen LogP contribution in [0.5, 0.6) is 0 Å². The molecule has 102 valence electrons. The van der Waals surface area contributed by atoms with Crippen molar-refractivity contribution in [2.45, 2.75) is 32.7 Å². The van der Waals surface area contributed by atoms with E-state index >= 15 is 0 Å². The second kappa shape index (κ2) is 7.38. The summed E-state index contributed by atoms with van der Waals surface area (Å²) in [6.45, 7) is 2.96. The lowest BCUT2D eigenvalue weighted by atomic mass is 10.2. The number of aromatic amines is 1. The predicted molar refractivity (Wildman–Crippen MR) is 72.6 cm³/mol. The van der Waals surface area contributed by atoms with E-state index in [1.165, 1.54) is 0 Å². The highest BCUT2D eigenvalue weighted by Crippen LogP contribution is 2.13. The molecule has 5 nitrogen and oxygen atoms in total. The number of nitrogens with one attached hydrogen (secondary N) is 2. The van der Waals surface area contributed by atoms with Gasteiger partial charge in [-0.25, -0.2) is 4.98 Å². The fourth-order valence-corrected chi connectivity index (χ4v) is 1.69. The monoisotopic (exact) mass is 272 g/mol. The number of hydrogen-bond donors (Lipinski definition) is 2. The lowest BCUT2D eigenvalue weighted by Crippen LogP contribution is -2.32. The molecule has 1 heterocycles. The normalized spacial score (nSPS) is 10.7. The lowest BCUT2D eigenvalue weighted by molar-refractivity contribution is -0.127. The molecule has 0 radical (unpaired) electrons. The van der Waals surface area contributed by atoms with Crippen LogP contribution in [0.1, 0.15) is 31.3 Å². The number of aryl methyl sites for hydroxylation is 1. The van der Waals surface area contributed by atoms with Crippen LogP contribution in [0.2, 0.25) is 5.15 Å². The zero-order chi connectivity index (χ0) is 13.5. The molecule has 1 amide bonds. The molecule has 6 heteroatoms. The first kappa shape index (κ1) is 15.0. The van der Waals surface area contributed by atoms with Crippen molar-refractivity contribution in [1.82, 2.24) is 20.2 Å². The van der Waals surface area contributed by atoms with Crippen molar-refractivity contribution in [2.75, 3.05) is 20.6 Å². The maximum atomic E-state index is 11.4. The molecular weight excluding hydrogens is 252 g/mol. The van der Waals surface area contributed by atoms with Gasteiger partial charge in [-0.2, -0.15) is 0 Å². The number of carbonyl (C=O) groups is 1. The molecule has 0 aromatic carbocycles. The van der Waals surface area contributed by atoms with Gasteiger partial charge in [-0.05, 0) is 6.42 Å². The molecule has 1 aromatic heterocycles. The van der Waals surface area contributed by atoms with Crippen LogP contribution in [0, 0.1) is 0 Å². The number of unbranched alkanes of at least 4 members (excludes halogenated alkanes) is 1. The van der Waals surface area contributed by atoms with E-state index in [4.69, 9.17) is 11.6 Å². The number of aromatic nitrogens is 2. The van der Waals surface area contributed by atoms with E-state index in [9.17, 15) is 4.79 Å². The minimum absolute atomic E-state index is 0.0387. The number of carbonyl (C=O) groups excluding carboxylic acids is 1.